The van der Waals surface area contributed by atoms with Crippen molar-refractivity contribution in [3.05, 3.63) is 29.8 Å². The second-order valence-electron chi connectivity index (χ2n) is 3.95. The van der Waals surface area contributed by atoms with E-state index in [-0.39, 0.29) is 12.6 Å². The first-order valence-electron chi connectivity index (χ1n) is 6.24. The molecule has 1 unspecified atom stereocenters. The van der Waals surface area contributed by atoms with Gasteiger partial charge < -0.3 is 14.8 Å². The Labute approximate surface area is 108 Å². The summed E-state index contributed by atoms with van der Waals surface area (Å²) in [6, 6.07) is 7.45. The first kappa shape index (κ1) is 14.5. The fourth-order valence-electron chi connectivity index (χ4n) is 1.63. The number of carbonyl (C=O) groups excluding carboxylic acids is 1. The number of rotatable bonds is 7. The minimum absolute atomic E-state index is 0.272. The summed E-state index contributed by atoms with van der Waals surface area (Å²) in [7, 11) is 1.38. The molecule has 4 heteroatoms. The molecule has 100 valence electrons. The molecule has 0 aliphatic heterocycles. The zero-order valence-electron chi connectivity index (χ0n) is 11.2. The fraction of sp³-hybridized carbons (Fsp3) is 0.500. The van der Waals surface area contributed by atoms with Crippen LogP contribution in [0.25, 0.3) is 0 Å². The van der Waals surface area contributed by atoms with Gasteiger partial charge in [0, 0.05) is 0 Å². The third-order valence-electron chi connectivity index (χ3n) is 2.66. The smallest absolute Gasteiger partial charge is 0.326 e. The van der Waals surface area contributed by atoms with Gasteiger partial charge in [-0.25, -0.2) is 0 Å². The molecule has 0 spiro atoms. The highest BCUT2D eigenvalue weighted by Crippen LogP contribution is 2.13. The van der Waals surface area contributed by atoms with Crippen LogP contribution in [0.15, 0.2) is 24.3 Å². The maximum atomic E-state index is 11.5. The topological polar surface area (TPSA) is 47.6 Å². The van der Waals surface area contributed by atoms with Crippen molar-refractivity contribution < 1.29 is 14.3 Å². The minimum atomic E-state index is -0.426. The summed E-state index contributed by atoms with van der Waals surface area (Å²) in [6.07, 6.45) is 0.963. The van der Waals surface area contributed by atoms with Crippen molar-refractivity contribution in [3.8, 4) is 5.75 Å². The highest BCUT2D eigenvalue weighted by molar-refractivity contribution is 5.75. The van der Waals surface area contributed by atoms with E-state index in [1.165, 1.54) is 12.7 Å². The van der Waals surface area contributed by atoms with Crippen LogP contribution in [0.3, 0.4) is 0 Å². The maximum absolute atomic E-state index is 11.5. The van der Waals surface area contributed by atoms with E-state index in [9.17, 15) is 4.79 Å². The van der Waals surface area contributed by atoms with E-state index >= 15 is 0 Å². The molecule has 0 fully saturated rings. The van der Waals surface area contributed by atoms with Gasteiger partial charge >= 0.3 is 5.97 Å². The number of methoxy groups -OCH3 is 1. The van der Waals surface area contributed by atoms with E-state index in [1.807, 2.05) is 25.1 Å². The first-order valence-corrected chi connectivity index (χ1v) is 6.24. The van der Waals surface area contributed by atoms with E-state index in [0.29, 0.717) is 6.54 Å². The largest absolute Gasteiger partial charge is 0.491 e. The number of benzene rings is 1. The highest BCUT2D eigenvalue weighted by atomic mass is 16.5. The third-order valence-corrected chi connectivity index (χ3v) is 2.66. The number of likely N-dealkylation sites (N-methyl/N-ethyl adjacent to an activating group) is 1. The maximum Gasteiger partial charge on any atom is 0.326 e. The molecular weight excluding hydrogens is 230 g/mol. The number of carbonyl (C=O) groups is 1. The van der Waals surface area contributed by atoms with Crippen LogP contribution >= 0.6 is 0 Å². The lowest BCUT2D eigenvalue weighted by atomic mass is 10.2. The minimum Gasteiger partial charge on any atom is -0.491 e. The molecule has 0 aliphatic rings. The predicted molar refractivity (Wildman–Crippen MR) is 70.8 cm³/mol. The van der Waals surface area contributed by atoms with Gasteiger partial charge in [-0.05, 0) is 30.7 Å². The van der Waals surface area contributed by atoms with Gasteiger partial charge in [-0.3, -0.25) is 4.79 Å². The van der Waals surface area contributed by atoms with Crippen molar-refractivity contribution in [1.29, 1.82) is 0 Å². The lowest BCUT2D eigenvalue weighted by Crippen LogP contribution is -2.42. The third kappa shape index (κ3) is 4.37. The Morgan fingerprint density at radius 1 is 1.39 bits per heavy atom. The summed E-state index contributed by atoms with van der Waals surface area (Å²) >= 11 is 0. The van der Waals surface area contributed by atoms with E-state index < -0.39 is 6.04 Å². The zero-order chi connectivity index (χ0) is 13.4. The summed E-state index contributed by atoms with van der Waals surface area (Å²) < 4.78 is 10.3. The lowest BCUT2D eigenvalue weighted by molar-refractivity contribution is -0.143. The first-order chi connectivity index (χ1) is 8.71. The standard InChI is InChI=1S/C14H21NO3/c1-4-11-7-6-8-12(9-11)18-10-13(15-5-2)14(16)17-3/h6-9,13,15H,4-5,10H2,1-3H3. The van der Waals surface area contributed by atoms with Crippen molar-refractivity contribution in [3.63, 3.8) is 0 Å². The Balaban J connectivity index is 2.57. The molecule has 1 aromatic rings. The van der Waals surface area contributed by atoms with Gasteiger partial charge in [-0.1, -0.05) is 26.0 Å². The Hall–Kier alpha value is -1.55. The highest BCUT2D eigenvalue weighted by Gasteiger charge is 2.18. The molecule has 0 bridgehead atoms. The molecule has 0 heterocycles. The van der Waals surface area contributed by atoms with Crippen LogP contribution in [0.2, 0.25) is 0 Å². The van der Waals surface area contributed by atoms with Gasteiger partial charge in [0.2, 0.25) is 0 Å². The summed E-state index contributed by atoms with van der Waals surface area (Å²) in [5, 5.41) is 3.03. The molecular formula is C14H21NO3. The van der Waals surface area contributed by atoms with Crippen molar-refractivity contribution in [2.75, 3.05) is 20.3 Å². The van der Waals surface area contributed by atoms with E-state index in [1.54, 1.807) is 0 Å². The molecule has 0 amide bonds. The molecule has 4 nitrogen and oxygen atoms in total. The Morgan fingerprint density at radius 3 is 2.78 bits per heavy atom. The van der Waals surface area contributed by atoms with Crippen LogP contribution in [0.1, 0.15) is 19.4 Å². The Morgan fingerprint density at radius 2 is 2.17 bits per heavy atom. The quantitative estimate of drug-likeness (QED) is 0.750. The number of ether oxygens (including phenoxy) is 2. The van der Waals surface area contributed by atoms with Gasteiger partial charge in [0.25, 0.3) is 0 Å². The molecule has 18 heavy (non-hydrogen) atoms. The van der Waals surface area contributed by atoms with Crippen LogP contribution in [-0.2, 0) is 16.0 Å². The summed E-state index contributed by atoms with van der Waals surface area (Å²) in [6.45, 7) is 4.99. The molecule has 0 saturated heterocycles. The van der Waals surface area contributed by atoms with Crippen LogP contribution in [0.4, 0.5) is 0 Å². The van der Waals surface area contributed by atoms with Gasteiger partial charge in [-0.2, -0.15) is 0 Å². The average Bonchev–Trinajstić information content (AvgIpc) is 2.42. The SMILES string of the molecule is CCNC(COc1cccc(CC)c1)C(=O)OC. The van der Waals surface area contributed by atoms with Crippen LogP contribution in [-0.4, -0.2) is 32.3 Å². The van der Waals surface area contributed by atoms with Crippen molar-refractivity contribution in [1.82, 2.24) is 5.32 Å². The fourth-order valence-corrected chi connectivity index (χ4v) is 1.63. The van der Waals surface area contributed by atoms with Crippen LogP contribution in [0, 0.1) is 0 Å². The van der Waals surface area contributed by atoms with Crippen molar-refractivity contribution in [2.45, 2.75) is 26.3 Å². The van der Waals surface area contributed by atoms with Gasteiger partial charge in [-0.15, -0.1) is 0 Å². The van der Waals surface area contributed by atoms with Gasteiger partial charge in [0.15, 0.2) is 0 Å². The molecule has 1 rings (SSSR count). The van der Waals surface area contributed by atoms with Gasteiger partial charge in [0.05, 0.1) is 7.11 Å². The van der Waals surface area contributed by atoms with E-state index in [4.69, 9.17) is 9.47 Å². The summed E-state index contributed by atoms with van der Waals surface area (Å²) in [4.78, 5) is 11.5. The zero-order valence-corrected chi connectivity index (χ0v) is 11.2. The predicted octanol–water partition coefficient (Wildman–Crippen LogP) is 1.78. The molecule has 1 N–H and O–H groups in total. The summed E-state index contributed by atoms with van der Waals surface area (Å²) in [5.41, 5.74) is 1.21. The molecule has 1 atom stereocenters. The number of nitrogens with one attached hydrogen (secondary N) is 1. The normalized spacial score (nSPS) is 11.9. The Kier molecular flexibility index (Phi) is 6.22. The molecule has 1 aromatic carbocycles. The second-order valence-corrected chi connectivity index (χ2v) is 3.95. The number of hydrogen-bond acceptors (Lipinski definition) is 4. The molecule has 0 aliphatic carbocycles. The lowest BCUT2D eigenvalue weighted by Gasteiger charge is -2.16. The van der Waals surface area contributed by atoms with E-state index in [2.05, 4.69) is 18.3 Å². The summed E-state index contributed by atoms with van der Waals surface area (Å²) in [5.74, 6) is 0.477. The number of hydrogen-bond donors (Lipinski definition) is 1. The Bertz CT molecular complexity index is 379. The van der Waals surface area contributed by atoms with Crippen LogP contribution < -0.4 is 10.1 Å². The molecule has 0 aromatic heterocycles. The molecule has 0 saturated carbocycles. The van der Waals surface area contributed by atoms with Crippen molar-refractivity contribution in [2.24, 2.45) is 0 Å². The molecule has 0 radical (unpaired) electrons. The van der Waals surface area contributed by atoms with E-state index in [0.717, 1.165) is 12.2 Å². The number of aryl methyl sites for hydroxylation is 1. The second kappa shape index (κ2) is 7.71. The van der Waals surface area contributed by atoms with Crippen LogP contribution in [0.5, 0.6) is 5.75 Å². The number of esters is 1. The monoisotopic (exact) mass is 251 g/mol. The van der Waals surface area contributed by atoms with Crippen molar-refractivity contribution >= 4 is 5.97 Å². The average molecular weight is 251 g/mol. The van der Waals surface area contributed by atoms with Gasteiger partial charge in [0.1, 0.15) is 18.4 Å².